The van der Waals surface area contributed by atoms with Gasteiger partial charge >= 0.3 is 0 Å². The highest BCUT2D eigenvalue weighted by atomic mass is 35.5. The molecule has 1 unspecified atom stereocenters. The quantitative estimate of drug-likeness (QED) is 0.565. The van der Waals surface area contributed by atoms with Crippen molar-refractivity contribution in [2.24, 2.45) is 0 Å². The first-order valence-corrected chi connectivity index (χ1v) is 7.07. The van der Waals surface area contributed by atoms with E-state index in [1.807, 2.05) is 4.68 Å². The first-order valence-electron chi connectivity index (χ1n) is 7.07. The number of hydrogen-bond acceptors (Lipinski definition) is 6. The Morgan fingerprint density at radius 1 is 1.30 bits per heavy atom. The molecule has 3 heterocycles. The summed E-state index contributed by atoms with van der Waals surface area (Å²) in [6, 6.07) is 0.747. The van der Waals surface area contributed by atoms with Crippen molar-refractivity contribution in [3.05, 3.63) is 5.82 Å². The summed E-state index contributed by atoms with van der Waals surface area (Å²) in [4.78, 5) is 5.09. The number of halogens is 1. The van der Waals surface area contributed by atoms with Crippen LogP contribution in [0.3, 0.4) is 0 Å². The molecule has 8 heteroatoms. The highest BCUT2D eigenvalue weighted by Gasteiger charge is 2.30. The fourth-order valence-electron chi connectivity index (χ4n) is 3.09. The molecule has 20 heavy (non-hydrogen) atoms. The minimum absolute atomic E-state index is 0. The average molecular weight is 302 g/mol. The molecule has 2 fully saturated rings. The van der Waals surface area contributed by atoms with E-state index in [1.54, 1.807) is 7.11 Å². The molecule has 1 aromatic heterocycles. The summed E-state index contributed by atoms with van der Waals surface area (Å²) < 4.78 is 6.93. The van der Waals surface area contributed by atoms with E-state index in [0.717, 1.165) is 38.0 Å². The lowest BCUT2D eigenvalue weighted by atomic mass is 10.1. The zero-order chi connectivity index (χ0) is 13.1. The van der Waals surface area contributed by atoms with Gasteiger partial charge in [-0.1, -0.05) is 0 Å². The van der Waals surface area contributed by atoms with E-state index >= 15 is 0 Å². The second kappa shape index (κ2) is 7.31. The molecule has 114 valence electrons. The third kappa shape index (κ3) is 3.46. The van der Waals surface area contributed by atoms with E-state index in [0.29, 0.717) is 6.61 Å². The number of ether oxygens (including phenoxy) is 1. The van der Waals surface area contributed by atoms with Crippen LogP contribution in [0.4, 0.5) is 0 Å². The van der Waals surface area contributed by atoms with Crippen molar-refractivity contribution in [3.8, 4) is 0 Å². The van der Waals surface area contributed by atoms with Crippen molar-refractivity contribution in [1.82, 2.24) is 30.0 Å². The van der Waals surface area contributed by atoms with Crippen LogP contribution in [-0.4, -0.2) is 75.9 Å². The van der Waals surface area contributed by atoms with Gasteiger partial charge in [0.1, 0.15) is 0 Å². The number of tetrazole rings is 1. The van der Waals surface area contributed by atoms with Gasteiger partial charge in [0.15, 0.2) is 5.82 Å². The number of nitrogens with zero attached hydrogens (tertiary/aromatic N) is 6. The van der Waals surface area contributed by atoms with Crippen molar-refractivity contribution >= 4 is 0 Å². The average Bonchev–Trinajstić information content (AvgIpc) is 3.05. The first kappa shape index (κ1) is 15.6. The summed E-state index contributed by atoms with van der Waals surface area (Å²) >= 11 is 0. The molecule has 1 atom stereocenters. The Labute approximate surface area is 125 Å². The molecule has 0 amide bonds. The third-order valence-electron chi connectivity index (χ3n) is 4.15. The fraction of sp³-hybridized carbons (Fsp3) is 0.917. The number of fused-ring (bicyclic) bond motifs is 1. The van der Waals surface area contributed by atoms with Crippen LogP contribution in [0, 0.1) is 0 Å². The van der Waals surface area contributed by atoms with Crippen LogP contribution < -0.4 is 12.4 Å². The molecule has 0 spiro atoms. The number of rotatable bonds is 5. The monoisotopic (exact) mass is 301 g/mol. The van der Waals surface area contributed by atoms with Crippen LogP contribution in [0.2, 0.25) is 0 Å². The highest BCUT2D eigenvalue weighted by Crippen LogP contribution is 2.22. The molecule has 0 bridgehead atoms. The normalized spacial score (nSPS) is 23.6. The van der Waals surface area contributed by atoms with Gasteiger partial charge in [0.2, 0.25) is 0 Å². The summed E-state index contributed by atoms with van der Waals surface area (Å²) in [6.45, 7) is 6.96. The van der Waals surface area contributed by atoms with Crippen molar-refractivity contribution in [2.45, 2.75) is 32.0 Å². The summed E-state index contributed by atoms with van der Waals surface area (Å²) in [6.07, 6.45) is 2.69. The Morgan fingerprint density at radius 2 is 2.20 bits per heavy atom. The SMILES string of the molecule is COCCn1nnnc1CN1CCN2CCCC2C1.[Cl-]. The Morgan fingerprint density at radius 3 is 3.05 bits per heavy atom. The van der Waals surface area contributed by atoms with Gasteiger partial charge in [-0.05, 0) is 29.8 Å². The fourth-order valence-corrected chi connectivity index (χ4v) is 3.09. The first-order chi connectivity index (χ1) is 9.36. The minimum Gasteiger partial charge on any atom is -1.00 e. The van der Waals surface area contributed by atoms with E-state index in [1.165, 1.54) is 25.9 Å². The van der Waals surface area contributed by atoms with Gasteiger partial charge in [0.05, 0.1) is 19.7 Å². The lowest BCUT2D eigenvalue weighted by Gasteiger charge is -2.37. The van der Waals surface area contributed by atoms with Gasteiger partial charge in [-0.2, -0.15) is 0 Å². The van der Waals surface area contributed by atoms with Crippen LogP contribution >= 0.6 is 0 Å². The molecule has 0 aromatic carbocycles. The van der Waals surface area contributed by atoms with Crippen molar-refractivity contribution < 1.29 is 17.1 Å². The second-order valence-corrected chi connectivity index (χ2v) is 5.38. The van der Waals surface area contributed by atoms with E-state index in [9.17, 15) is 0 Å². The molecule has 1 aromatic rings. The van der Waals surface area contributed by atoms with Crippen LogP contribution in [0.15, 0.2) is 0 Å². The summed E-state index contributed by atoms with van der Waals surface area (Å²) in [5.74, 6) is 0.948. The zero-order valence-corrected chi connectivity index (χ0v) is 12.7. The molecule has 2 saturated heterocycles. The predicted molar refractivity (Wildman–Crippen MR) is 69.6 cm³/mol. The van der Waals surface area contributed by atoms with Crippen LogP contribution in [-0.2, 0) is 17.8 Å². The lowest BCUT2D eigenvalue weighted by Crippen LogP contribution is -3.00. The van der Waals surface area contributed by atoms with Gasteiger partial charge < -0.3 is 17.1 Å². The maximum Gasteiger partial charge on any atom is 0.165 e. The van der Waals surface area contributed by atoms with Crippen molar-refractivity contribution in [1.29, 1.82) is 0 Å². The number of hydrogen-bond donors (Lipinski definition) is 0. The molecular formula is C12H22ClN6O-. The Kier molecular flexibility index (Phi) is 5.71. The maximum absolute atomic E-state index is 5.08. The van der Waals surface area contributed by atoms with Gasteiger partial charge in [0, 0.05) is 32.8 Å². The predicted octanol–water partition coefficient (Wildman–Crippen LogP) is -3.40. The van der Waals surface area contributed by atoms with Gasteiger partial charge in [-0.3, -0.25) is 9.80 Å². The summed E-state index contributed by atoms with van der Waals surface area (Å²) in [5.41, 5.74) is 0. The number of methoxy groups -OCH3 is 1. The van der Waals surface area contributed by atoms with Gasteiger partial charge in [-0.15, -0.1) is 5.10 Å². The Balaban J connectivity index is 0.00000147. The van der Waals surface area contributed by atoms with E-state index in [4.69, 9.17) is 4.74 Å². The van der Waals surface area contributed by atoms with Crippen LogP contribution in [0.1, 0.15) is 18.7 Å². The summed E-state index contributed by atoms with van der Waals surface area (Å²) in [7, 11) is 1.70. The Hall–Kier alpha value is -0.760. The molecular weight excluding hydrogens is 280 g/mol. The molecule has 2 aliphatic rings. The molecule has 0 saturated carbocycles. The topological polar surface area (TPSA) is 59.3 Å². The molecule has 2 aliphatic heterocycles. The van der Waals surface area contributed by atoms with Gasteiger partial charge in [-0.25, -0.2) is 4.68 Å². The largest absolute Gasteiger partial charge is 1.00 e. The van der Waals surface area contributed by atoms with Crippen molar-refractivity contribution in [3.63, 3.8) is 0 Å². The maximum atomic E-state index is 5.08. The smallest absolute Gasteiger partial charge is 0.165 e. The van der Waals surface area contributed by atoms with E-state index in [-0.39, 0.29) is 12.4 Å². The molecule has 0 radical (unpaired) electrons. The standard InChI is InChI=1S/C12H22N6O.ClH/c1-19-8-7-18-12(13-14-15-18)10-16-5-6-17-4-2-3-11(17)9-16;/h11H,2-10H2,1H3;1H/p-1. The second-order valence-electron chi connectivity index (χ2n) is 5.38. The number of aromatic nitrogens is 4. The van der Waals surface area contributed by atoms with Crippen LogP contribution in [0.5, 0.6) is 0 Å². The van der Waals surface area contributed by atoms with Crippen LogP contribution in [0.25, 0.3) is 0 Å². The molecule has 7 nitrogen and oxygen atoms in total. The van der Waals surface area contributed by atoms with Gasteiger partial charge in [0.25, 0.3) is 0 Å². The highest BCUT2D eigenvalue weighted by molar-refractivity contribution is 4.90. The van der Waals surface area contributed by atoms with E-state index < -0.39 is 0 Å². The molecule has 3 rings (SSSR count). The van der Waals surface area contributed by atoms with E-state index in [2.05, 4.69) is 25.3 Å². The molecule has 0 aliphatic carbocycles. The Bertz CT molecular complexity index is 414. The van der Waals surface area contributed by atoms with Crippen molar-refractivity contribution in [2.75, 3.05) is 39.9 Å². The zero-order valence-electron chi connectivity index (χ0n) is 11.9. The summed E-state index contributed by atoms with van der Waals surface area (Å²) in [5, 5.41) is 11.9. The minimum atomic E-state index is 0. The number of piperazine rings is 1. The third-order valence-corrected chi connectivity index (χ3v) is 4.15. The molecule has 0 N–H and O–H groups in total. The lowest BCUT2D eigenvalue weighted by molar-refractivity contribution is -0.00000470.